The molecular formula is C18H20N2O2S. The number of benzene rings is 2. The van der Waals surface area contributed by atoms with Crippen molar-refractivity contribution in [1.29, 1.82) is 0 Å². The Morgan fingerprint density at radius 3 is 2.52 bits per heavy atom. The summed E-state index contributed by atoms with van der Waals surface area (Å²) in [5.74, 6) is 0.0136. The number of rotatable bonds is 6. The van der Waals surface area contributed by atoms with Gasteiger partial charge in [-0.25, -0.2) is 13.1 Å². The molecule has 0 aliphatic carbocycles. The molecule has 23 heavy (non-hydrogen) atoms. The third kappa shape index (κ3) is 4.00. The Hall–Kier alpha value is -2.11. The Morgan fingerprint density at radius 2 is 1.74 bits per heavy atom. The van der Waals surface area contributed by atoms with E-state index in [9.17, 15) is 8.42 Å². The smallest absolute Gasteiger partial charge is 0.215 e. The molecule has 0 saturated heterocycles. The van der Waals surface area contributed by atoms with E-state index in [0.29, 0.717) is 13.1 Å². The summed E-state index contributed by atoms with van der Waals surface area (Å²) in [4.78, 5) is 0. The van der Waals surface area contributed by atoms with Crippen LogP contribution in [-0.2, 0) is 22.3 Å². The van der Waals surface area contributed by atoms with Gasteiger partial charge in [-0.15, -0.1) is 0 Å². The van der Waals surface area contributed by atoms with Crippen molar-refractivity contribution < 1.29 is 8.42 Å². The minimum absolute atomic E-state index is 0.0136. The van der Waals surface area contributed by atoms with Gasteiger partial charge in [-0.3, -0.25) is 0 Å². The highest BCUT2D eigenvalue weighted by molar-refractivity contribution is 7.88. The van der Waals surface area contributed by atoms with Gasteiger partial charge in [0, 0.05) is 24.8 Å². The first-order valence-electron chi connectivity index (χ1n) is 7.60. The van der Waals surface area contributed by atoms with E-state index in [1.54, 1.807) is 0 Å². The fourth-order valence-corrected chi connectivity index (χ4v) is 3.75. The number of hydrogen-bond acceptors (Lipinski definition) is 2. The normalized spacial score (nSPS) is 11.9. The highest BCUT2D eigenvalue weighted by Crippen LogP contribution is 2.14. The van der Waals surface area contributed by atoms with Gasteiger partial charge in [0.25, 0.3) is 0 Å². The number of fused-ring (bicyclic) bond motifs is 1. The molecule has 0 spiro atoms. The lowest BCUT2D eigenvalue weighted by Crippen LogP contribution is -2.28. The standard InChI is InChI=1S/C18H20N2O2S/c1-15-6-8-16(9-7-15)14-23(21,22)19-11-13-20-12-10-17-4-2-3-5-18(17)20/h2-10,12,19H,11,13-14H2,1H3. The lowest BCUT2D eigenvalue weighted by Gasteiger charge is -2.09. The van der Waals surface area contributed by atoms with Gasteiger partial charge in [-0.1, -0.05) is 48.0 Å². The molecule has 0 atom stereocenters. The third-order valence-corrected chi connectivity index (χ3v) is 5.19. The molecule has 0 fully saturated rings. The minimum atomic E-state index is -3.32. The van der Waals surface area contributed by atoms with Gasteiger partial charge in [0.15, 0.2) is 0 Å². The third-order valence-electron chi connectivity index (χ3n) is 3.83. The van der Waals surface area contributed by atoms with Crippen LogP contribution in [0.15, 0.2) is 60.8 Å². The van der Waals surface area contributed by atoms with Crippen LogP contribution in [0.5, 0.6) is 0 Å². The molecule has 0 aliphatic rings. The second-order valence-corrected chi connectivity index (χ2v) is 7.51. The molecular weight excluding hydrogens is 308 g/mol. The average Bonchev–Trinajstić information content (AvgIpc) is 2.93. The van der Waals surface area contributed by atoms with Crippen LogP contribution in [-0.4, -0.2) is 19.5 Å². The summed E-state index contributed by atoms with van der Waals surface area (Å²) < 4.78 is 29.0. The highest BCUT2D eigenvalue weighted by Gasteiger charge is 2.11. The van der Waals surface area contributed by atoms with E-state index >= 15 is 0 Å². The van der Waals surface area contributed by atoms with Crippen LogP contribution >= 0.6 is 0 Å². The summed E-state index contributed by atoms with van der Waals surface area (Å²) in [6, 6.07) is 17.7. The number of para-hydroxylation sites is 1. The van der Waals surface area contributed by atoms with Crippen LogP contribution in [0.25, 0.3) is 10.9 Å². The number of sulfonamides is 1. The lowest BCUT2D eigenvalue weighted by molar-refractivity contribution is 0.574. The summed E-state index contributed by atoms with van der Waals surface area (Å²) in [6.07, 6.45) is 1.99. The van der Waals surface area contributed by atoms with Crippen LogP contribution in [0.2, 0.25) is 0 Å². The van der Waals surface area contributed by atoms with E-state index in [4.69, 9.17) is 0 Å². The molecule has 0 saturated carbocycles. The Kier molecular flexibility index (Phi) is 4.50. The fraction of sp³-hybridized carbons (Fsp3) is 0.222. The lowest BCUT2D eigenvalue weighted by atomic mass is 10.2. The van der Waals surface area contributed by atoms with Crippen LogP contribution in [0.3, 0.4) is 0 Å². The van der Waals surface area contributed by atoms with E-state index < -0.39 is 10.0 Å². The zero-order chi connectivity index (χ0) is 16.3. The monoisotopic (exact) mass is 328 g/mol. The van der Waals surface area contributed by atoms with Crippen LogP contribution in [0, 0.1) is 6.92 Å². The van der Waals surface area contributed by atoms with Crippen LogP contribution < -0.4 is 4.72 Å². The molecule has 0 unspecified atom stereocenters. The molecule has 0 aliphatic heterocycles. The maximum Gasteiger partial charge on any atom is 0.215 e. The van der Waals surface area contributed by atoms with Crippen molar-refractivity contribution in [1.82, 2.24) is 9.29 Å². The zero-order valence-corrected chi connectivity index (χ0v) is 13.9. The summed E-state index contributed by atoms with van der Waals surface area (Å²) in [5.41, 5.74) is 3.04. The molecule has 3 aromatic rings. The topological polar surface area (TPSA) is 51.1 Å². The quantitative estimate of drug-likeness (QED) is 0.756. The second kappa shape index (κ2) is 6.56. The first-order chi connectivity index (χ1) is 11.0. The summed E-state index contributed by atoms with van der Waals surface area (Å²) in [7, 11) is -3.32. The van der Waals surface area contributed by atoms with Crippen molar-refractivity contribution in [3.8, 4) is 0 Å². The second-order valence-electron chi connectivity index (χ2n) is 5.71. The van der Waals surface area contributed by atoms with Gasteiger partial charge in [-0.2, -0.15) is 0 Å². The number of aryl methyl sites for hydroxylation is 1. The molecule has 5 heteroatoms. The van der Waals surface area contributed by atoms with Crippen molar-refractivity contribution in [3.63, 3.8) is 0 Å². The molecule has 0 bridgehead atoms. The van der Waals surface area contributed by atoms with Gasteiger partial charge in [-0.05, 0) is 30.0 Å². The van der Waals surface area contributed by atoms with E-state index in [0.717, 1.165) is 22.0 Å². The Labute approximate surface area is 136 Å². The van der Waals surface area contributed by atoms with E-state index in [1.165, 1.54) is 0 Å². The highest BCUT2D eigenvalue weighted by atomic mass is 32.2. The van der Waals surface area contributed by atoms with Gasteiger partial charge >= 0.3 is 0 Å². The molecule has 4 nitrogen and oxygen atoms in total. The summed E-state index contributed by atoms with van der Waals surface area (Å²) >= 11 is 0. The van der Waals surface area contributed by atoms with Crippen molar-refractivity contribution in [3.05, 3.63) is 71.9 Å². The first kappa shape index (κ1) is 15.8. The van der Waals surface area contributed by atoms with Crippen LogP contribution in [0.1, 0.15) is 11.1 Å². The first-order valence-corrected chi connectivity index (χ1v) is 9.25. The number of aromatic nitrogens is 1. The largest absolute Gasteiger partial charge is 0.346 e. The molecule has 3 rings (SSSR count). The predicted molar refractivity (Wildman–Crippen MR) is 93.7 cm³/mol. The van der Waals surface area contributed by atoms with E-state index in [-0.39, 0.29) is 5.75 Å². The minimum Gasteiger partial charge on any atom is -0.346 e. The molecule has 2 aromatic carbocycles. The predicted octanol–water partition coefficient (Wildman–Crippen LogP) is 3.07. The van der Waals surface area contributed by atoms with E-state index in [2.05, 4.69) is 9.29 Å². The van der Waals surface area contributed by atoms with Gasteiger partial charge in [0.05, 0.1) is 5.75 Å². The molecule has 120 valence electrons. The SMILES string of the molecule is Cc1ccc(CS(=O)(=O)NCCn2ccc3ccccc32)cc1. The average molecular weight is 328 g/mol. The van der Waals surface area contributed by atoms with Crippen molar-refractivity contribution in [2.45, 2.75) is 19.2 Å². The Bertz CT molecular complexity index is 896. The molecule has 1 aromatic heterocycles. The van der Waals surface area contributed by atoms with Gasteiger partial charge < -0.3 is 4.57 Å². The maximum absolute atomic E-state index is 12.2. The summed E-state index contributed by atoms with van der Waals surface area (Å²) in [6.45, 7) is 2.98. The Balaban J connectivity index is 1.60. The number of nitrogens with one attached hydrogen (secondary N) is 1. The van der Waals surface area contributed by atoms with Crippen molar-refractivity contribution >= 4 is 20.9 Å². The van der Waals surface area contributed by atoms with Gasteiger partial charge in [0.1, 0.15) is 0 Å². The Morgan fingerprint density at radius 1 is 1.00 bits per heavy atom. The zero-order valence-electron chi connectivity index (χ0n) is 13.1. The van der Waals surface area contributed by atoms with Crippen molar-refractivity contribution in [2.75, 3.05) is 6.54 Å². The molecule has 0 amide bonds. The van der Waals surface area contributed by atoms with Gasteiger partial charge in [0.2, 0.25) is 10.0 Å². The molecule has 1 heterocycles. The van der Waals surface area contributed by atoms with Crippen molar-refractivity contribution in [2.24, 2.45) is 0 Å². The van der Waals surface area contributed by atoms with Crippen LogP contribution in [0.4, 0.5) is 0 Å². The maximum atomic E-state index is 12.2. The number of hydrogen-bond donors (Lipinski definition) is 1. The molecule has 0 radical (unpaired) electrons. The molecule has 1 N–H and O–H groups in total. The number of nitrogens with zero attached hydrogens (tertiary/aromatic N) is 1. The summed E-state index contributed by atoms with van der Waals surface area (Å²) in [5, 5.41) is 1.16. The van der Waals surface area contributed by atoms with E-state index in [1.807, 2.05) is 67.7 Å². The fourth-order valence-electron chi connectivity index (χ4n) is 2.61.